The van der Waals surface area contributed by atoms with Gasteiger partial charge in [-0.3, -0.25) is 4.79 Å². The van der Waals surface area contributed by atoms with E-state index in [1.807, 2.05) is 24.3 Å². The Morgan fingerprint density at radius 1 is 1.50 bits per heavy atom. The summed E-state index contributed by atoms with van der Waals surface area (Å²) in [5, 5.41) is 0. The molecule has 2 N–H and O–H groups in total. The van der Waals surface area contributed by atoms with Gasteiger partial charge >= 0.3 is 0 Å². The summed E-state index contributed by atoms with van der Waals surface area (Å²) in [6.07, 6.45) is 2.72. The molecule has 1 unspecified atom stereocenters. The van der Waals surface area contributed by atoms with E-state index in [0.717, 1.165) is 18.5 Å². The number of hydrogen-bond acceptors (Lipinski definition) is 3. The highest BCUT2D eigenvalue weighted by Gasteiger charge is 2.30. The summed E-state index contributed by atoms with van der Waals surface area (Å²) < 4.78 is 5.26. The molecule has 1 saturated carbocycles. The van der Waals surface area contributed by atoms with Gasteiger partial charge in [0.05, 0.1) is 12.8 Å². The van der Waals surface area contributed by atoms with E-state index in [2.05, 4.69) is 0 Å². The molecule has 0 radical (unpaired) electrons. The Kier molecular flexibility index (Phi) is 3.87. The molecule has 1 atom stereocenters. The summed E-state index contributed by atoms with van der Waals surface area (Å²) in [6, 6.07) is 7.49. The van der Waals surface area contributed by atoms with Crippen LogP contribution < -0.4 is 15.4 Å². The Morgan fingerprint density at radius 3 is 2.78 bits per heavy atom. The molecule has 0 aromatic heterocycles. The zero-order valence-electron chi connectivity index (χ0n) is 10.9. The van der Waals surface area contributed by atoms with Crippen molar-refractivity contribution in [3.8, 4) is 5.75 Å². The maximum absolute atomic E-state index is 12.1. The van der Waals surface area contributed by atoms with E-state index in [1.165, 1.54) is 0 Å². The fraction of sp³-hybridized carbons (Fsp3) is 0.500. The lowest BCUT2D eigenvalue weighted by Gasteiger charge is -2.21. The molecule has 18 heavy (non-hydrogen) atoms. The van der Waals surface area contributed by atoms with E-state index in [0.29, 0.717) is 18.1 Å². The summed E-state index contributed by atoms with van der Waals surface area (Å²) in [4.78, 5) is 13.8. The van der Waals surface area contributed by atoms with Gasteiger partial charge in [0, 0.05) is 19.5 Å². The Balaban J connectivity index is 2.04. The third kappa shape index (κ3) is 2.82. The minimum atomic E-state index is -0.00495. The van der Waals surface area contributed by atoms with Gasteiger partial charge < -0.3 is 15.4 Å². The number of carbonyl (C=O) groups excluding carboxylic acids is 1. The quantitative estimate of drug-likeness (QED) is 0.864. The van der Waals surface area contributed by atoms with E-state index in [-0.39, 0.29) is 11.9 Å². The van der Waals surface area contributed by atoms with Crippen molar-refractivity contribution in [3.05, 3.63) is 24.3 Å². The van der Waals surface area contributed by atoms with E-state index >= 15 is 0 Å². The number of ether oxygens (including phenoxy) is 1. The second kappa shape index (κ2) is 5.40. The monoisotopic (exact) mass is 248 g/mol. The average Bonchev–Trinajstić information content (AvgIpc) is 3.22. The number of nitrogens with two attached hydrogens (primary N) is 1. The minimum absolute atomic E-state index is 0.00495. The number of para-hydroxylation sites is 2. The first-order valence-electron chi connectivity index (χ1n) is 6.28. The zero-order chi connectivity index (χ0) is 13.1. The van der Waals surface area contributed by atoms with E-state index in [9.17, 15) is 4.79 Å². The van der Waals surface area contributed by atoms with Crippen LogP contribution >= 0.6 is 0 Å². The molecule has 0 saturated heterocycles. The third-order valence-electron chi connectivity index (χ3n) is 3.46. The minimum Gasteiger partial charge on any atom is -0.495 e. The Bertz CT molecular complexity index is 430. The predicted octanol–water partition coefficient (Wildman–Crippen LogP) is 1.79. The van der Waals surface area contributed by atoms with Gasteiger partial charge in [0.25, 0.3) is 0 Å². The summed E-state index contributed by atoms with van der Waals surface area (Å²) in [5.74, 6) is 1.28. The molecule has 1 fully saturated rings. The highest BCUT2D eigenvalue weighted by atomic mass is 16.5. The topological polar surface area (TPSA) is 55.6 Å². The Morgan fingerprint density at radius 2 is 2.17 bits per heavy atom. The molecular weight excluding hydrogens is 228 g/mol. The average molecular weight is 248 g/mol. The van der Waals surface area contributed by atoms with Gasteiger partial charge in [-0.05, 0) is 30.9 Å². The van der Waals surface area contributed by atoms with Crippen molar-refractivity contribution in [1.29, 1.82) is 0 Å². The van der Waals surface area contributed by atoms with Gasteiger partial charge in [-0.2, -0.15) is 0 Å². The maximum atomic E-state index is 12.1. The number of hydrogen-bond donors (Lipinski definition) is 1. The smallest absolute Gasteiger partial charge is 0.228 e. The van der Waals surface area contributed by atoms with Crippen LogP contribution in [-0.2, 0) is 4.79 Å². The normalized spacial score (nSPS) is 16.2. The van der Waals surface area contributed by atoms with E-state index < -0.39 is 0 Å². The first-order chi connectivity index (χ1) is 8.63. The molecule has 2 rings (SSSR count). The fourth-order valence-electron chi connectivity index (χ4n) is 2.07. The molecule has 0 spiro atoms. The lowest BCUT2D eigenvalue weighted by atomic mass is 10.1. The van der Waals surface area contributed by atoms with Crippen LogP contribution in [0.2, 0.25) is 0 Å². The fourth-order valence-corrected chi connectivity index (χ4v) is 2.07. The molecule has 1 aliphatic rings. The van der Waals surface area contributed by atoms with Crippen molar-refractivity contribution in [3.63, 3.8) is 0 Å². The van der Waals surface area contributed by atoms with Crippen molar-refractivity contribution in [2.24, 2.45) is 11.7 Å². The predicted molar refractivity (Wildman–Crippen MR) is 71.7 cm³/mol. The number of nitrogens with zero attached hydrogens (tertiary/aromatic N) is 1. The summed E-state index contributed by atoms with van der Waals surface area (Å²) in [6.45, 7) is 0. The molecule has 1 aromatic carbocycles. The molecule has 4 nitrogen and oxygen atoms in total. The number of carbonyl (C=O) groups is 1. The number of benzene rings is 1. The van der Waals surface area contributed by atoms with Crippen LogP contribution in [0.5, 0.6) is 5.75 Å². The van der Waals surface area contributed by atoms with Crippen LogP contribution in [0.15, 0.2) is 24.3 Å². The van der Waals surface area contributed by atoms with Gasteiger partial charge in [0.2, 0.25) is 5.91 Å². The lowest BCUT2D eigenvalue weighted by Crippen LogP contribution is -2.34. The van der Waals surface area contributed by atoms with Crippen molar-refractivity contribution >= 4 is 11.6 Å². The second-order valence-corrected chi connectivity index (χ2v) is 4.83. The number of rotatable bonds is 5. The Labute approximate surface area is 108 Å². The number of amides is 1. The number of anilines is 1. The molecule has 98 valence electrons. The summed E-state index contributed by atoms with van der Waals surface area (Å²) in [5.41, 5.74) is 6.77. The summed E-state index contributed by atoms with van der Waals surface area (Å²) in [7, 11) is 3.37. The standard InChI is InChI=1S/C14H20N2O2/c1-16(12-5-3-4-6-13(12)18-2)14(17)9-11(15)10-7-8-10/h3-6,10-11H,7-9,15H2,1-2H3. The second-order valence-electron chi connectivity index (χ2n) is 4.83. The van der Waals surface area contributed by atoms with Crippen LogP contribution in [0.4, 0.5) is 5.69 Å². The zero-order valence-corrected chi connectivity index (χ0v) is 10.9. The highest BCUT2D eigenvalue weighted by molar-refractivity contribution is 5.94. The van der Waals surface area contributed by atoms with Gasteiger partial charge in [-0.1, -0.05) is 12.1 Å². The highest BCUT2D eigenvalue weighted by Crippen LogP contribution is 2.33. The van der Waals surface area contributed by atoms with Gasteiger partial charge in [-0.25, -0.2) is 0 Å². The lowest BCUT2D eigenvalue weighted by molar-refractivity contribution is -0.118. The van der Waals surface area contributed by atoms with Gasteiger partial charge in [0.15, 0.2) is 0 Å². The van der Waals surface area contributed by atoms with Crippen LogP contribution in [0.1, 0.15) is 19.3 Å². The number of methoxy groups -OCH3 is 1. The van der Waals surface area contributed by atoms with Gasteiger partial charge in [0.1, 0.15) is 5.75 Å². The largest absolute Gasteiger partial charge is 0.495 e. The molecule has 1 amide bonds. The Hall–Kier alpha value is -1.55. The molecule has 4 heteroatoms. The first kappa shape index (κ1) is 12.9. The van der Waals surface area contributed by atoms with Crippen molar-refractivity contribution < 1.29 is 9.53 Å². The summed E-state index contributed by atoms with van der Waals surface area (Å²) >= 11 is 0. The van der Waals surface area contributed by atoms with Crippen LogP contribution in [0, 0.1) is 5.92 Å². The molecule has 0 bridgehead atoms. The van der Waals surface area contributed by atoms with Crippen LogP contribution in [0.3, 0.4) is 0 Å². The van der Waals surface area contributed by atoms with Crippen LogP contribution in [0.25, 0.3) is 0 Å². The van der Waals surface area contributed by atoms with Gasteiger partial charge in [-0.15, -0.1) is 0 Å². The van der Waals surface area contributed by atoms with Crippen molar-refractivity contribution in [2.75, 3.05) is 19.1 Å². The SMILES string of the molecule is COc1ccccc1N(C)C(=O)CC(N)C1CC1. The third-order valence-corrected chi connectivity index (χ3v) is 3.46. The van der Waals surface area contributed by atoms with E-state index in [4.69, 9.17) is 10.5 Å². The first-order valence-corrected chi connectivity index (χ1v) is 6.28. The molecule has 1 aliphatic carbocycles. The molecule has 1 aromatic rings. The van der Waals surface area contributed by atoms with Crippen molar-refractivity contribution in [1.82, 2.24) is 0 Å². The molecule has 0 aliphatic heterocycles. The van der Waals surface area contributed by atoms with E-state index in [1.54, 1.807) is 19.1 Å². The molecular formula is C14H20N2O2. The van der Waals surface area contributed by atoms with Crippen molar-refractivity contribution in [2.45, 2.75) is 25.3 Å². The molecule has 0 heterocycles. The maximum Gasteiger partial charge on any atom is 0.228 e. The van der Waals surface area contributed by atoms with Crippen LogP contribution in [-0.4, -0.2) is 26.1 Å².